The summed E-state index contributed by atoms with van der Waals surface area (Å²) in [6.07, 6.45) is 0.520. The number of nitrogens with zero attached hydrogens (tertiary/aromatic N) is 5. The van der Waals surface area contributed by atoms with E-state index in [1.54, 1.807) is 24.1 Å². The van der Waals surface area contributed by atoms with Gasteiger partial charge in [0.2, 0.25) is 5.69 Å². The predicted octanol–water partition coefficient (Wildman–Crippen LogP) is 1.16. The number of sulfone groups is 1. The van der Waals surface area contributed by atoms with Gasteiger partial charge in [0.1, 0.15) is 17.5 Å². The summed E-state index contributed by atoms with van der Waals surface area (Å²) in [6, 6.07) is 9.12. The van der Waals surface area contributed by atoms with E-state index in [4.69, 9.17) is 4.74 Å². The lowest BCUT2D eigenvalue weighted by atomic mass is 10.2. The number of aromatic nitrogens is 3. The Balaban J connectivity index is 1.97. The van der Waals surface area contributed by atoms with Gasteiger partial charge in [-0.05, 0) is 25.5 Å². The van der Waals surface area contributed by atoms with Crippen molar-refractivity contribution in [3.63, 3.8) is 0 Å². The van der Waals surface area contributed by atoms with E-state index in [2.05, 4.69) is 10.2 Å². The number of anilines is 1. The van der Waals surface area contributed by atoms with Crippen LogP contribution in [0.5, 0.6) is 5.75 Å². The molecule has 0 aliphatic carbocycles. The van der Waals surface area contributed by atoms with E-state index in [-0.39, 0.29) is 23.2 Å². The van der Waals surface area contributed by atoms with Crippen molar-refractivity contribution in [3.05, 3.63) is 30.0 Å². The molecule has 1 fully saturated rings. The molecular weight excluding hydrogens is 342 g/mol. The lowest BCUT2D eigenvalue weighted by molar-refractivity contribution is 0.337. The minimum atomic E-state index is -3.03. The van der Waals surface area contributed by atoms with Crippen LogP contribution in [-0.4, -0.2) is 54.6 Å². The van der Waals surface area contributed by atoms with E-state index >= 15 is 0 Å². The fourth-order valence-corrected chi connectivity index (χ4v) is 4.64. The highest BCUT2D eigenvalue weighted by Crippen LogP contribution is 2.26. The summed E-state index contributed by atoms with van der Waals surface area (Å²) in [5.74, 6) is 1.21. The SMILES string of the molecule is CCOc1ccccc1-n1nc(C#N)c(N(C)C2CCS(=O)(=O)C2)n1. The zero-order chi connectivity index (χ0) is 18.0. The second-order valence-corrected chi connectivity index (χ2v) is 8.07. The molecule has 1 aromatic carbocycles. The third kappa shape index (κ3) is 3.44. The summed E-state index contributed by atoms with van der Waals surface area (Å²) in [5, 5.41) is 18.1. The molecule has 1 aliphatic rings. The summed E-state index contributed by atoms with van der Waals surface area (Å²) in [7, 11) is -1.28. The number of nitriles is 1. The normalized spacial score (nSPS) is 18.7. The van der Waals surface area contributed by atoms with Gasteiger partial charge >= 0.3 is 0 Å². The second kappa shape index (κ2) is 6.72. The van der Waals surface area contributed by atoms with Crippen LogP contribution in [0.1, 0.15) is 19.0 Å². The molecule has 1 aromatic heterocycles. The largest absolute Gasteiger partial charge is 0.492 e. The monoisotopic (exact) mass is 361 g/mol. The molecule has 8 nitrogen and oxygen atoms in total. The van der Waals surface area contributed by atoms with Gasteiger partial charge in [-0.1, -0.05) is 12.1 Å². The standard InChI is InChI=1S/C16H19N5O3S/c1-3-24-15-7-5-4-6-14(15)21-18-13(10-17)16(19-21)20(2)12-8-9-25(22,23)11-12/h4-7,12H,3,8-9,11H2,1-2H3. The quantitative estimate of drug-likeness (QED) is 0.787. The van der Waals surface area contributed by atoms with E-state index < -0.39 is 9.84 Å². The smallest absolute Gasteiger partial charge is 0.207 e. The lowest BCUT2D eigenvalue weighted by Crippen LogP contribution is -2.33. The van der Waals surface area contributed by atoms with E-state index in [9.17, 15) is 13.7 Å². The molecule has 1 aliphatic heterocycles. The number of hydrogen-bond donors (Lipinski definition) is 0. The Kier molecular flexibility index (Phi) is 4.63. The van der Waals surface area contributed by atoms with Gasteiger partial charge in [0.15, 0.2) is 15.7 Å². The molecule has 1 saturated heterocycles. The van der Waals surface area contributed by atoms with E-state index in [1.165, 1.54) is 4.80 Å². The molecule has 3 rings (SSSR count). The maximum atomic E-state index is 11.7. The Hall–Kier alpha value is -2.60. The highest BCUT2D eigenvalue weighted by molar-refractivity contribution is 7.91. The van der Waals surface area contributed by atoms with Crippen molar-refractivity contribution in [1.82, 2.24) is 15.0 Å². The van der Waals surface area contributed by atoms with Crippen molar-refractivity contribution < 1.29 is 13.2 Å². The van der Waals surface area contributed by atoms with Gasteiger partial charge in [-0.3, -0.25) is 0 Å². The first-order valence-corrected chi connectivity index (χ1v) is 9.80. The third-order valence-corrected chi connectivity index (χ3v) is 5.92. The highest BCUT2D eigenvalue weighted by Gasteiger charge is 2.33. The first-order chi connectivity index (χ1) is 11.9. The van der Waals surface area contributed by atoms with Gasteiger partial charge in [0, 0.05) is 13.1 Å². The first kappa shape index (κ1) is 17.2. The van der Waals surface area contributed by atoms with Gasteiger partial charge in [-0.25, -0.2) is 8.42 Å². The summed E-state index contributed by atoms with van der Waals surface area (Å²) in [5.41, 5.74) is 0.776. The van der Waals surface area contributed by atoms with Gasteiger partial charge in [-0.15, -0.1) is 15.0 Å². The molecule has 0 amide bonds. The Morgan fingerprint density at radius 3 is 2.80 bits per heavy atom. The minimum Gasteiger partial charge on any atom is -0.492 e. The highest BCUT2D eigenvalue weighted by atomic mass is 32.2. The van der Waals surface area contributed by atoms with Crippen LogP contribution in [0, 0.1) is 11.3 Å². The molecule has 1 unspecified atom stereocenters. The maximum absolute atomic E-state index is 11.7. The average Bonchev–Trinajstić information content (AvgIpc) is 3.18. The lowest BCUT2D eigenvalue weighted by Gasteiger charge is -2.22. The van der Waals surface area contributed by atoms with E-state index in [0.29, 0.717) is 30.3 Å². The molecule has 0 N–H and O–H groups in total. The van der Waals surface area contributed by atoms with Crippen molar-refractivity contribution in [2.45, 2.75) is 19.4 Å². The number of hydrogen-bond acceptors (Lipinski definition) is 7. The molecule has 0 spiro atoms. The summed E-state index contributed by atoms with van der Waals surface area (Å²) in [4.78, 5) is 3.09. The Bertz CT molecular complexity index is 916. The van der Waals surface area contributed by atoms with Gasteiger partial charge in [-0.2, -0.15) is 5.26 Å². The minimum absolute atomic E-state index is 0.0662. The van der Waals surface area contributed by atoms with Crippen molar-refractivity contribution in [1.29, 1.82) is 5.26 Å². The number of rotatable bonds is 5. The predicted molar refractivity (Wildman–Crippen MR) is 92.7 cm³/mol. The van der Waals surface area contributed by atoms with Gasteiger partial charge in [0.05, 0.1) is 18.1 Å². The molecule has 0 bridgehead atoms. The van der Waals surface area contributed by atoms with Crippen LogP contribution in [-0.2, 0) is 9.84 Å². The Labute approximate surface area is 146 Å². The summed E-state index contributed by atoms with van der Waals surface area (Å²) >= 11 is 0. The third-order valence-electron chi connectivity index (χ3n) is 4.17. The molecule has 2 aromatic rings. The van der Waals surface area contributed by atoms with Crippen LogP contribution in [0.2, 0.25) is 0 Å². The Morgan fingerprint density at radius 1 is 1.40 bits per heavy atom. The summed E-state index contributed by atoms with van der Waals surface area (Å²) < 4.78 is 29.0. The van der Waals surface area contributed by atoms with Crippen molar-refractivity contribution in [3.8, 4) is 17.5 Å². The van der Waals surface area contributed by atoms with Crippen molar-refractivity contribution in [2.75, 3.05) is 30.1 Å². The molecule has 0 radical (unpaired) electrons. The first-order valence-electron chi connectivity index (χ1n) is 7.98. The zero-order valence-electron chi connectivity index (χ0n) is 14.1. The maximum Gasteiger partial charge on any atom is 0.207 e. The average molecular weight is 361 g/mol. The fourth-order valence-electron chi connectivity index (χ4n) is 2.87. The molecular formula is C16H19N5O3S. The van der Waals surface area contributed by atoms with Crippen LogP contribution in [0.25, 0.3) is 5.69 Å². The van der Waals surface area contributed by atoms with Crippen LogP contribution in [0.3, 0.4) is 0 Å². The van der Waals surface area contributed by atoms with Crippen LogP contribution >= 0.6 is 0 Å². The fraction of sp³-hybridized carbons (Fsp3) is 0.438. The van der Waals surface area contributed by atoms with Crippen molar-refractivity contribution in [2.24, 2.45) is 0 Å². The van der Waals surface area contributed by atoms with Crippen LogP contribution in [0.15, 0.2) is 24.3 Å². The van der Waals surface area contributed by atoms with E-state index in [0.717, 1.165) is 0 Å². The van der Waals surface area contributed by atoms with Crippen molar-refractivity contribution >= 4 is 15.7 Å². The molecule has 9 heteroatoms. The summed E-state index contributed by atoms with van der Waals surface area (Å²) in [6.45, 7) is 2.38. The molecule has 1 atom stereocenters. The zero-order valence-corrected chi connectivity index (χ0v) is 14.9. The number of benzene rings is 1. The second-order valence-electron chi connectivity index (χ2n) is 5.84. The molecule has 132 valence electrons. The molecule has 25 heavy (non-hydrogen) atoms. The number of para-hydroxylation sites is 2. The van der Waals surface area contributed by atoms with Crippen LogP contribution in [0.4, 0.5) is 5.82 Å². The van der Waals surface area contributed by atoms with Gasteiger partial charge in [0.25, 0.3) is 0 Å². The van der Waals surface area contributed by atoms with E-state index in [1.807, 2.05) is 25.1 Å². The number of ether oxygens (including phenoxy) is 1. The molecule has 0 saturated carbocycles. The topological polar surface area (TPSA) is 101 Å². The molecule has 2 heterocycles. The van der Waals surface area contributed by atoms with Crippen LogP contribution < -0.4 is 9.64 Å². The van der Waals surface area contributed by atoms with Gasteiger partial charge < -0.3 is 9.64 Å². The Morgan fingerprint density at radius 2 is 2.16 bits per heavy atom.